The van der Waals surface area contributed by atoms with Crippen LogP contribution in [0.15, 0.2) is 18.2 Å². The van der Waals surface area contributed by atoms with Gasteiger partial charge in [-0.1, -0.05) is 43.5 Å². The van der Waals surface area contributed by atoms with Gasteiger partial charge in [-0.3, -0.25) is 14.4 Å². The molecule has 1 rings (SSSR count). The molecule has 4 N–H and O–H groups in total. The van der Waals surface area contributed by atoms with Crippen LogP contribution in [0.2, 0.25) is 0 Å². The van der Waals surface area contributed by atoms with Crippen LogP contribution in [0.1, 0.15) is 82.5 Å². The highest BCUT2D eigenvalue weighted by Gasteiger charge is 2.37. The Kier molecular flexibility index (Phi) is 12.6. The van der Waals surface area contributed by atoms with Gasteiger partial charge in [-0.15, -0.1) is 0 Å². The Morgan fingerprint density at radius 2 is 1.84 bits per heavy atom. The number of nitrogens with one attached hydrogen (secondary N) is 2. The largest absolute Gasteiger partial charge is 0.444 e. The zero-order valence-electron chi connectivity index (χ0n) is 22.8. The van der Waals surface area contributed by atoms with Gasteiger partial charge in [0.05, 0.1) is 6.07 Å². The molecule has 2 unspecified atom stereocenters. The van der Waals surface area contributed by atoms with Crippen LogP contribution in [0.4, 0.5) is 4.79 Å². The summed E-state index contributed by atoms with van der Waals surface area (Å²) < 4.78 is 5.28. The van der Waals surface area contributed by atoms with Gasteiger partial charge in [-0.25, -0.2) is 4.79 Å². The molecule has 1 aromatic carbocycles. The van der Waals surface area contributed by atoms with Crippen LogP contribution >= 0.6 is 0 Å². The number of carbonyl (C=O) groups excluding carboxylic acids is 4. The fourth-order valence-corrected chi connectivity index (χ4v) is 3.83. The smallest absolute Gasteiger partial charge is 0.408 e. The topological polar surface area (TPSA) is 155 Å². The van der Waals surface area contributed by atoms with Gasteiger partial charge in [0.15, 0.2) is 0 Å². The first kappa shape index (κ1) is 31.4. The van der Waals surface area contributed by atoms with Crippen molar-refractivity contribution < 1.29 is 23.9 Å². The zero-order chi connectivity index (χ0) is 28.2. The molecule has 0 saturated carbocycles. The zero-order valence-corrected chi connectivity index (χ0v) is 22.8. The van der Waals surface area contributed by atoms with E-state index in [1.807, 2.05) is 32.0 Å². The molecule has 0 aliphatic rings. The first-order valence-electron chi connectivity index (χ1n) is 12.6. The lowest BCUT2D eigenvalue weighted by molar-refractivity contribution is -0.142. The molecular weight excluding hydrogens is 474 g/mol. The summed E-state index contributed by atoms with van der Waals surface area (Å²) in [5, 5.41) is 15.0. The van der Waals surface area contributed by atoms with E-state index in [9.17, 15) is 24.4 Å². The number of nitriles is 1. The number of carbonyl (C=O) groups is 4. The van der Waals surface area contributed by atoms with Crippen LogP contribution in [0, 0.1) is 25.2 Å². The van der Waals surface area contributed by atoms with Crippen molar-refractivity contribution in [2.45, 2.75) is 91.3 Å². The third-order valence-corrected chi connectivity index (χ3v) is 5.55. The van der Waals surface area contributed by atoms with E-state index >= 15 is 0 Å². The number of nitrogens with zero attached hydrogens (tertiary/aromatic N) is 2. The number of unbranched alkanes of at least 4 members (excludes halogenated alkanes) is 2. The molecular formula is C27H41N5O5. The number of amides is 4. The Bertz CT molecular complexity index is 996. The summed E-state index contributed by atoms with van der Waals surface area (Å²) in [5.41, 5.74) is 6.79. The van der Waals surface area contributed by atoms with Crippen molar-refractivity contribution in [1.29, 1.82) is 5.26 Å². The molecule has 37 heavy (non-hydrogen) atoms. The van der Waals surface area contributed by atoms with E-state index in [2.05, 4.69) is 17.6 Å². The molecule has 0 spiro atoms. The van der Waals surface area contributed by atoms with Gasteiger partial charge in [0.25, 0.3) is 0 Å². The van der Waals surface area contributed by atoms with Crippen LogP contribution < -0.4 is 16.4 Å². The van der Waals surface area contributed by atoms with Crippen molar-refractivity contribution in [2.24, 2.45) is 5.73 Å². The third kappa shape index (κ3) is 10.9. The fourth-order valence-electron chi connectivity index (χ4n) is 3.83. The number of rotatable bonds is 13. The Labute approximate surface area is 219 Å². The van der Waals surface area contributed by atoms with E-state index in [1.54, 1.807) is 26.8 Å². The number of nitrogens with two attached hydrogens (primary N) is 1. The van der Waals surface area contributed by atoms with Crippen LogP contribution in [0.25, 0.3) is 0 Å². The predicted molar refractivity (Wildman–Crippen MR) is 140 cm³/mol. The molecule has 2 atom stereocenters. The van der Waals surface area contributed by atoms with Crippen molar-refractivity contribution in [1.82, 2.24) is 15.5 Å². The van der Waals surface area contributed by atoms with Crippen molar-refractivity contribution in [3.05, 3.63) is 34.9 Å². The summed E-state index contributed by atoms with van der Waals surface area (Å²) in [6, 6.07) is 5.09. The quantitative estimate of drug-likeness (QED) is 0.271. The number of ether oxygens (including phenoxy) is 1. The Hall–Kier alpha value is -3.61. The predicted octanol–water partition coefficient (Wildman–Crippen LogP) is 3.16. The van der Waals surface area contributed by atoms with Gasteiger partial charge in [0.2, 0.25) is 17.7 Å². The van der Waals surface area contributed by atoms with Crippen LogP contribution in [-0.2, 0) is 19.1 Å². The molecule has 10 nitrogen and oxygen atoms in total. The highest BCUT2D eigenvalue weighted by atomic mass is 16.6. The summed E-state index contributed by atoms with van der Waals surface area (Å²) >= 11 is 0. The lowest BCUT2D eigenvalue weighted by Crippen LogP contribution is -2.53. The molecule has 0 aromatic heterocycles. The summed E-state index contributed by atoms with van der Waals surface area (Å²) in [7, 11) is 0. The molecule has 0 saturated heterocycles. The number of hydrogen-bond acceptors (Lipinski definition) is 6. The number of aryl methyl sites for hydroxylation is 2. The minimum absolute atomic E-state index is 0.118. The van der Waals surface area contributed by atoms with E-state index < -0.39 is 48.0 Å². The normalized spacial score (nSPS) is 12.6. The van der Waals surface area contributed by atoms with Crippen LogP contribution in [-0.4, -0.2) is 53.4 Å². The molecule has 0 bridgehead atoms. The number of primary amides is 1. The molecule has 0 heterocycles. The lowest BCUT2D eigenvalue weighted by Gasteiger charge is -2.33. The van der Waals surface area contributed by atoms with Crippen LogP contribution in [0.5, 0.6) is 0 Å². The first-order chi connectivity index (χ1) is 17.3. The minimum atomic E-state index is -1.24. The minimum Gasteiger partial charge on any atom is -0.444 e. The average molecular weight is 516 g/mol. The molecule has 10 heteroatoms. The van der Waals surface area contributed by atoms with Gasteiger partial charge in [0, 0.05) is 13.0 Å². The van der Waals surface area contributed by atoms with Gasteiger partial charge in [-0.05, 0) is 58.6 Å². The van der Waals surface area contributed by atoms with E-state index in [4.69, 9.17) is 10.5 Å². The monoisotopic (exact) mass is 515 g/mol. The number of hydrogen-bond donors (Lipinski definition) is 3. The van der Waals surface area contributed by atoms with Crippen molar-refractivity contribution >= 4 is 23.8 Å². The van der Waals surface area contributed by atoms with E-state index in [0.717, 1.165) is 35.3 Å². The van der Waals surface area contributed by atoms with Gasteiger partial charge in [-0.2, -0.15) is 5.26 Å². The second-order valence-electron chi connectivity index (χ2n) is 10.1. The van der Waals surface area contributed by atoms with Crippen molar-refractivity contribution in [2.75, 3.05) is 13.1 Å². The number of alkyl carbamates (subject to hydrolysis) is 1. The summed E-state index contributed by atoms with van der Waals surface area (Å²) in [5.74, 6) is -1.78. The van der Waals surface area contributed by atoms with E-state index in [1.165, 1.54) is 0 Å². The van der Waals surface area contributed by atoms with Gasteiger partial charge >= 0.3 is 6.09 Å². The fraction of sp³-hybridized carbons (Fsp3) is 0.593. The SMILES string of the molecule is CCCCCNC(=O)C(c1ccc(C)cc1C)N(CC#N)C(=O)C(CCC(N)=O)NC(=O)OC(C)(C)C. The number of benzene rings is 1. The Morgan fingerprint density at radius 3 is 2.38 bits per heavy atom. The molecule has 204 valence electrons. The molecule has 0 radical (unpaired) electrons. The van der Waals surface area contributed by atoms with Crippen LogP contribution in [0.3, 0.4) is 0 Å². The Morgan fingerprint density at radius 1 is 1.16 bits per heavy atom. The molecule has 1 aromatic rings. The first-order valence-corrected chi connectivity index (χ1v) is 12.6. The summed E-state index contributed by atoms with van der Waals surface area (Å²) in [4.78, 5) is 52.4. The van der Waals surface area contributed by atoms with Gasteiger partial charge in [0.1, 0.15) is 24.2 Å². The second kappa shape index (κ2) is 14.8. The Balaban J connectivity index is 3.45. The van der Waals surface area contributed by atoms with E-state index in [0.29, 0.717) is 12.1 Å². The maximum atomic E-state index is 13.8. The van der Waals surface area contributed by atoms with Gasteiger partial charge < -0.3 is 26.0 Å². The summed E-state index contributed by atoms with van der Waals surface area (Å²) in [6.07, 6.45) is 1.52. The standard InChI is InChI=1S/C27H41N5O5/c1-7-8-9-15-30-24(34)23(20-11-10-18(2)17-19(20)3)32(16-14-28)25(35)21(12-13-22(29)33)31-26(36)37-27(4,5)6/h10-11,17,21,23H,7-9,12-13,15-16H2,1-6H3,(H2,29,33)(H,30,34)(H,31,36). The average Bonchev–Trinajstić information content (AvgIpc) is 2.78. The molecule has 0 aliphatic heterocycles. The van der Waals surface area contributed by atoms with E-state index in [-0.39, 0.29) is 12.8 Å². The highest BCUT2D eigenvalue weighted by Crippen LogP contribution is 2.27. The maximum Gasteiger partial charge on any atom is 0.408 e. The maximum absolute atomic E-state index is 13.8. The summed E-state index contributed by atoms with van der Waals surface area (Å²) in [6.45, 7) is 10.8. The lowest BCUT2D eigenvalue weighted by atomic mass is 9.96. The molecule has 0 aliphatic carbocycles. The molecule has 4 amide bonds. The van der Waals surface area contributed by atoms with Crippen molar-refractivity contribution in [3.63, 3.8) is 0 Å². The molecule has 0 fully saturated rings. The second-order valence-corrected chi connectivity index (χ2v) is 10.1. The van der Waals surface area contributed by atoms with Crippen molar-refractivity contribution in [3.8, 4) is 6.07 Å². The highest BCUT2D eigenvalue weighted by molar-refractivity contribution is 5.92. The third-order valence-electron chi connectivity index (χ3n) is 5.55.